The molecular formula is C19H11ClN2. The summed E-state index contributed by atoms with van der Waals surface area (Å²) in [4.78, 5) is 7.60. The highest BCUT2D eigenvalue weighted by Gasteiger charge is 2.08. The van der Waals surface area contributed by atoms with Crippen molar-refractivity contribution >= 4 is 33.5 Å². The van der Waals surface area contributed by atoms with Gasteiger partial charge in [0.1, 0.15) is 5.65 Å². The molecular weight excluding hydrogens is 292 g/mol. The van der Waals surface area contributed by atoms with E-state index in [4.69, 9.17) is 11.6 Å². The van der Waals surface area contributed by atoms with E-state index in [-0.39, 0.29) is 0 Å². The molecule has 1 N–H and O–H groups in total. The van der Waals surface area contributed by atoms with Crippen LogP contribution < -0.4 is 0 Å². The molecule has 0 unspecified atom stereocenters. The number of pyridine rings is 1. The lowest BCUT2D eigenvalue weighted by Gasteiger charge is -1.95. The van der Waals surface area contributed by atoms with Crippen molar-refractivity contribution in [1.82, 2.24) is 9.97 Å². The zero-order valence-electron chi connectivity index (χ0n) is 11.6. The highest BCUT2D eigenvalue weighted by Crippen LogP contribution is 2.30. The van der Waals surface area contributed by atoms with E-state index in [1.807, 2.05) is 42.5 Å². The van der Waals surface area contributed by atoms with Crippen molar-refractivity contribution in [2.24, 2.45) is 0 Å². The number of benzene rings is 2. The minimum Gasteiger partial charge on any atom is -0.339 e. The van der Waals surface area contributed by atoms with Crippen molar-refractivity contribution in [2.45, 2.75) is 0 Å². The number of nitrogens with zero attached hydrogens (tertiary/aromatic N) is 1. The predicted molar refractivity (Wildman–Crippen MR) is 91.0 cm³/mol. The van der Waals surface area contributed by atoms with Crippen molar-refractivity contribution < 1.29 is 0 Å². The number of fused-ring (bicyclic) bond motifs is 3. The Bertz CT molecular complexity index is 1040. The van der Waals surface area contributed by atoms with E-state index in [0.29, 0.717) is 5.02 Å². The number of nitrogens with one attached hydrogen (secondary N) is 1. The molecule has 0 aliphatic rings. The van der Waals surface area contributed by atoms with Crippen LogP contribution in [0, 0.1) is 11.8 Å². The quantitative estimate of drug-likeness (QED) is 0.466. The molecule has 22 heavy (non-hydrogen) atoms. The Morgan fingerprint density at radius 1 is 0.909 bits per heavy atom. The van der Waals surface area contributed by atoms with Crippen LogP contribution in [0.4, 0.5) is 0 Å². The number of hydrogen-bond acceptors (Lipinski definition) is 1. The zero-order chi connectivity index (χ0) is 14.9. The fourth-order valence-corrected chi connectivity index (χ4v) is 2.77. The van der Waals surface area contributed by atoms with E-state index < -0.39 is 0 Å². The Balaban J connectivity index is 1.87. The van der Waals surface area contributed by atoms with Gasteiger partial charge in [0.15, 0.2) is 0 Å². The first-order valence-electron chi connectivity index (χ1n) is 6.94. The maximum absolute atomic E-state index is 6.31. The molecule has 2 aromatic carbocycles. The lowest BCUT2D eigenvalue weighted by molar-refractivity contribution is 1.35. The van der Waals surface area contributed by atoms with Gasteiger partial charge in [0.2, 0.25) is 0 Å². The van der Waals surface area contributed by atoms with Gasteiger partial charge >= 0.3 is 0 Å². The first-order chi connectivity index (χ1) is 10.8. The second-order valence-corrected chi connectivity index (χ2v) is 5.42. The van der Waals surface area contributed by atoms with Gasteiger partial charge in [-0.1, -0.05) is 41.6 Å². The topological polar surface area (TPSA) is 28.7 Å². The molecule has 0 atom stereocenters. The average molecular weight is 303 g/mol. The zero-order valence-corrected chi connectivity index (χ0v) is 12.4. The molecule has 0 aliphatic heterocycles. The van der Waals surface area contributed by atoms with Crippen LogP contribution in [0.15, 0.2) is 60.8 Å². The third kappa shape index (κ3) is 2.22. The lowest BCUT2D eigenvalue weighted by atomic mass is 10.1. The van der Waals surface area contributed by atoms with Gasteiger partial charge in [-0.2, -0.15) is 0 Å². The van der Waals surface area contributed by atoms with E-state index in [1.165, 1.54) is 0 Å². The molecule has 2 heterocycles. The SMILES string of the molecule is Clc1ccnc2[nH]c3ccc(C#Cc4ccccc4)cc3c12. The van der Waals surface area contributed by atoms with Crippen LogP contribution in [0.3, 0.4) is 0 Å². The lowest BCUT2D eigenvalue weighted by Crippen LogP contribution is -1.77. The van der Waals surface area contributed by atoms with Crippen molar-refractivity contribution in [3.05, 3.63) is 76.9 Å². The van der Waals surface area contributed by atoms with E-state index in [9.17, 15) is 0 Å². The molecule has 0 fully saturated rings. The highest BCUT2D eigenvalue weighted by molar-refractivity contribution is 6.37. The third-order valence-corrected chi connectivity index (χ3v) is 3.88. The summed E-state index contributed by atoms with van der Waals surface area (Å²) in [5.74, 6) is 6.37. The van der Waals surface area contributed by atoms with Gasteiger partial charge in [-0.05, 0) is 36.4 Å². The number of hydrogen-bond donors (Lipinski definition) is 1. The summed E-state index contributed by atoms with van der Waals surface area (Å²) in [5.41, 5.74) is 3.77. The van der Waals surface area contributed by atoms with E-state index >= 15 is 0 Å². The molecule has 0 aliphatic carbocycles. The monoisotopic (exact) mass is 302 g/mol. The number of aromatic nitrogens is 2. The van der Waals surface area contributed by atoms with Crippen LogP contribution in [0.25, 0.3) is 21.9 Å². The predicted octanol–water partition coefficient (Wildman–Crippen LogP) is 4.77. The van der Waals surface area contributed by atoms with Crippen LogP contribution in [-0.4, -0.2) is 9.97 Å². The van der Waals surface area contributed by atoms with Crippen molar-refractivity contribution in [3.8, 4) is 11.8 Å². The average Bonchev–Trinajstić information content (AvgIpc) is 2.93. The minimum absolute atomic E-state index is 0.699. The second-order valence-electron chi connectivity index (χ2n) is 5.02. The van der Waals surface area contributed by atoms with Crippen LogP contribution in [0.5, 0.6) is 0 Å². The first-order valence-corrected chi connectivity index (χ1v) is 7.32. The molecule has 2 aromatic heterocycles. The number of rotatable bonds is 0. The van der Waals surface area contributed by atoms with Crippen LogP contribution >= 0.6 is 11.6 Å². The van der Waals surface area contributed by atoms with Gasteiger partial charge < -0.3 is 4.98 Å². The van der Waals surface area contributed by atoms with E-state index in [2.05, 4.69) is 27.9 Å². The third-order valence-electron chi connectivity index (χ3n) is 3.57. The van der Waals surface area contributed by atoms with E-state index in [1.54, 1.807) is 12.3 Å². The standard InChI is InChI=1S/C19H11ClN2/c20-16-10-11-21-19-18(16)15-12-14(8-9-17(15)22-19)7-6-13-4-2-1-3-5-13/h1-5,8-12H,(H,21,22). The number of halogens is 1. The van der Waals surface area contributed by atoms with E-state index in [0.717, 1.165) is 33.1 Å². The Kier molecular flexibility index (Phi) is 3.07. The molecule has 4 aromatic rings. The second kappa shape index (κ2) is 5.22. The van der Waals surface area contributed by atoms with Crippen molar-refractivity contribution in [1.29, 1.82) is 0 Å². The van der Waals surface area contributed by atoms with Crippen LogP contribution in [-0.2, 0) is 0 Å². The number of aromatic amines is 1. The Morgan fingerprint density at radius 3 is 2.59 bits per heavy atom. The fourth-order valence-electron chi connectivity index (χ4n) is 2.52. The van der Waals surface area contributed by atoms with Gasteiger partial charge in [-0.3, -0.25) is 0 Å². The maximum atomic E-state index is 6.31. The van der Waals surface area contributed by atoms with Gasteiger partial charge in [0, 0.05) is 33.6 Å². The molecule has 2 nitrogen and oxygen atoms in total. The smallest absolute Gasteiger partial charge is 0.139 e. The molecule has 0 spiro atoms. The Morgan fingerprint density at radius 2 is 1.73 bits per heavy atom. The number of H-pyrrole nitrogens is 1. The molecule has 0 saturated carbocycles. The van der Waals surface area contributed by atoms with Gasteiger partial charge in [0.05, 0.1) is 5.02 Å². The molecule has 0 bridgehead atoms. The van der Waals surface area contributed by atoms with Crippen molar-refractivity contribution in [2.75, 3.05) is 0 Å². The largest absolute Gasteiger partial charge is 0.339 e. The molecule has 3 heteroatoms. The van der Waals surface area contributed by atoms with Gasteiger partial charge in [-0.15, -0.1) is 0 Å². The summed E-state index contributed by atoms with van der Waals surface area (Å²) in [6.07, 6.45) is 1.70. The summed E-state index contributed by atoms with van der Waals surface area (Å²) in [5, 5.41) is 2.69. The summed E-state index contributed by atoms with van der Waals surface area (Å²) in [7, 11) is 0. The normalized spacial score (nSPS) is 10.6. The fraction of sp³-hybridized carbons (Fsp3) is 0. The van der Waals surface area contributed by atoms with Gasteiger partial charge in [0.25, 0.3) is 0 Å². The minimum atomic E-state index is 0.699. The first kappa shape index (κ1) is 12.9. The summed E-state index contributed by atoms with van der Waals surface area (Å²) in [6, 6.07) is 17.8. The molecule has 0 amide bonds. The molecule has 0 radical (unpaired) electrons. The molecule has 4 rings (SSSR count). The Labute approximate surface area is 132 Å². The highest BCUT2D eigenvalue weighted by atomic mass is 35.5. The van der Waals surface area contributed by atoms with Crippen molar-refractivity contribution in [3.63, 3.8) is 0 Å². The Hall–Kier alpha value is -2.76. The van der Waals surface area contributed by atoms with Crippen LogP contribution in [0.2, 0.25) is 5.02 Å². The molecule has 104 valence electrons. The van der Waals surface area contributed by atoms with Crippen LogP contribution in [0.1, 0.15) is 11.1 Å². The molecule has 0 saturated heterocycles. The van der Waals surface area contributed by atoms with Gasteiger partial charge in [-0.25, -0.2) is 4.98 Å². The summed E-state index contributed by atoms with van der Waals surface area (Å²) >= 11 is 6.31. The summed E-state index contributed by atoms with van der Waals surface area (Å²) in [6.45, 7) is 0. The maximum Gasteiger partial charge on any atom is 0.139 e. The summed E-state index contributed by atoms with van der Waals surface area (Å²) < 4.78 is 0.